The van der Waals surface area contributed by atoms with Gasteiger partial charge in [0, 0.05) is 38.0 Å². The molecule has 2 saturated heterocycles. The first-order valence-electron chi connectivity index (χ1n) is 16.0. The summed E-state index contributed by atoms with van der Waals surface area (Å²) in [6.07, 6.45) is 9.84. The lowest BCUT2D eigenvalue weighted by molar-refractivity contribution is 0.102. The smallest absolute Gasteiger partial charge is 0.159 e. The van der Waals surface area contributed by atoms with Crippen LogP contribution >= 0.6 is 0 Å². The van der Waals surface area contributed by atoms with Gasteiger partial charge in [0.2, 0.25) is 0 Å². The van der Waals surface area contributed by atoms with E-state index in [0.29, 0.717) is 11.8 Å². The van der Waals surface area contributed by atoms with Crippen molar-refractivity contribution in [3.63, 3.8) is 0 Å². The summed E-state index contributed by atoms with van der Waals surface area (Å²) >= 11 is 0. The van der Waals surface area contributed by atoms with E-state index in [4.69, 9.17) is 0 Å². The Balaban J connectivity index is 0.998. The van der Waals surface area contributed by atoms with E-state index in [0.717, 1.165) is 64.1 Å². The van der Waals surface area contributed by atoms with Gasteiger partial charge in [-0.25, -0.2) is 8.78 Å². The maximum atomic E-state index is 13.7. The van der Waals surface area contributed by atoms with Gasteiger partial charge < -0.3 is 4.90 Å². The molecule has 2 heterocycles. The van der Waals surface area contributed by atoms with Gasteiger partial charge in [0.15, 0.2) is 11.6 Å². The van der Waals surface area contributed by atoms with Crippen molar-refractivity contribution in [2.24, 2.45) is 11.3 Å². The molecule has 43 heavy (non-hydrogen) atoms. The average molecular weight is 576 g/mol. The van der Waals surface area contributed by atoms with Gasteiger partial charge in [0.1, 0.15) is 0 Å². The summed E-state index contributed by atoms with van der Waals surface area (Å²) in [5, 5.41) is 2.69. The predicted molar refractivity (Wildman–Crippen MR) is 172 cm³/mol. The van der Waals surface area contributed by atoms with Crippen LogP contribution in [0.3, 0.4) is 0 Å². The third-order valence-electron chi connectivity index (χ3n) is 10.4. The molecular weight excluding hydrogens is 534 g/mol. The third kappa shape index (κ3) is 6.32. The number of halogens is 2. The number of piperidine rings is 1. The van der Waals surface area contributed by atoms with Crippen LogP contribution in [0, 0.1) is 28.9 Å². The zero-order valence-corrected chi connectivity index (χ0v) is 24.9. The summed E-state index contributed by atoms with van der Waals surface area (Å²) in [5.74, 6) is 1.15. The van der Waals surface area contributed by atoms with Crippen molar-refractivity contribution in [2.45, 2.75) is 44.6 Å². The van der Waals surface area contributed by atoms with Gasteiger partial charge in [0.05, 0.1) is 0 Å². The molecule has 4 aromatic carbocycles. The highest BCUT2D eigenvalue weighted by atomic mass is 19.2. The second-order valence-electron chi connectivity index (χ2n) is 13.1. The molecule has 2 nitrogen and oxygen atoms in total. The van der Waals surface area contributed by atoms with Crippen LogP contribution in [-0.4, -0.2) is 42.5 Å². The molecule has 0 N–H and O–H groups in total. The van der Waals surface area contributed by atoms with Crippen molar-refractivity contribution in [2.75, 3.05) is 32.7 Å². The lowest BCUT2D eigenvalue weighted by Crippen LogP contribution is -2.44. The molecule has 2 aliphatic heterocycles. The molecule has 0 bridgehead atoms. The molecule has 2 fully saturated rings. The van der Waals surface area contributed by atoms with Gasteiger partial charge in [-0.05, 0) is 96.1 Å². The molecular formula is C39H41F2N2. The number of aryl methyl sites for hydroxylation is 1. The Hall–Kier alpha value is -3.34. The molecule has 1 radical (unpaired) electrons. The van der Waals surface area contributed by atoms with Crippen LogP contribution in [-0.2, 0) is 13.0 Å². The van der Waals surface area contributed by atoms with Gasteiger partial charge in [-0.15, -0.1) is 0 Å². The summed E-state index contributed by atoms with van der Waals surface area (Å²) in [6, 6.07) is 31.0. The molecule has 1 aliphatic carbocycles. The van der Waals surface area contributed by atoms with Crippen LogP contribution in [0.25, 0.3) is 10.8 Å². The maximum absolute atomic E-state index is 13.7. The van der Waals surface area contributed by atoms with Crippen molar-refractivity contribution in [3.8, 4) is 0 Å². The highest BCUT2D eigenvalue weighted by Crippen LogP contribution is 2.51. The maximum Gasteiger partial charge on any atom is 0.159 e. The molecule has 7 rings (SSSR count). The number of hydrogen-bond acceptors (Lipinski definition) is 2. The highest BCUT2D eigenvalue weighted by Gasteiger charge is 2.44. The number of likely N-dealkylation sites (tertiary alicyclic amines) is 2. The Labute approximate surface area is 255 Å². The minimum atomic E-state index is -0.765. The molecule has 4 heteroatoms. The molecule has 0 saturated carbocycles. The number of benzene rings is 4. The number of hydrogen-bond donors (Lipinski definition) is 0. The summed E-state index contributed by atoms with van der Waals surface area (Å²) in [7, 11) is 0. The molecule has 0 unspecified atom stereocenters. The Morgan fingerprint density at radius 3 is 2.30 bits per heavy atom. The fraction of sp³-hybridized carbons (Fsp3) is 0.359. The molecule has 0 amide bonds. The summed E-state index contributed by atoms with van der Waals surface area (Å²) in [6.45, 7) is 6.60. The molecule has 2 atom stereocenters. The zero-order valence-electron chi connectivity index (χ0n) is 24.9. The predicted octanol–water partition coefficient (Wildman–Crippen LogP) is 8.58. The minimum absolute atomic E-state index is 0.240. The second-order valence-corrected chi connectivity index (χ2v) is 13.1. The molecule has 4 aromatic rings. The van der Waals surface area contributed by atoms with E-state index in [2.05, 4.69) is 94.7 Å². The van der Waals surface area contributed by atoms with E-state index >= 15 is 0 Å². The van der Waals surface area contributed by atoms with E-state index in [1.54, 1.807) is 6.07 Å². The number of nitrogens with zero attached hydrogens (tertiary/aromatic N) is 2. The Morgan fingerprint density at radius 1 is 0.744 bits per heavy atom. The third-order valence-corrected chi connectivity index (χ3v) is 10.4. The highest BCUT2D eigenvalue weighted by molar-refractivity contribution is 5.85. The lowest BCUT2D eigenvalue weighted by Gasteiger charge is -2.43. The summed E-state index contributed by atoms with van der Waals surface area (Å²) < 4.78 is 27.1. The summed E-state index contributed by atoms with van der Waals surface area (Å²) in [4.78, 5) is 5.40. The first-order chi connectivity index (χ1) is 21.1. The Kier molecular flexibility index (Phi) is 8.16. The van der Waals surface area contributed by atoms with Crippen molar-refractivity contribution in [1.82, 2.24) is 9.80 Å². The largest absolute Gasteiger partial charge is 0.303 e. The van der Waals surface area contributed by atoms with Crippen LogP contribution in [0.2, 0.25) is 0 Å². The van der Waals surface area contributed by atoms with E-state index in [9.17, 15) is 8.78 Å². The van der Waals surface area contributed by atoms with Crippen LogP contribution in [0.1, 0.15) is 48.3 Å². The van der Waals surface area contributed by atoms with Gasteiger partial charge >= 0.3 is 0 Å². The van der Waals surface area contributed by atoms with Crippen LogP contribution in [0.5, 0.6) is 0 Å². The molecule has 221 valence electrons. The van der Waals surface area contributed by atoms with E-state index in [1.807, 2.05) is 0 Å². The van der Waals surface area contributed by atoms with Gasteiger partial charge in [-0.3, -0.25) is 4.90 Å². The fourth-order valence-electron chi connectivity index (χ4n) is 7.92. The number of allylic oxidation sites excluding steroid dienone is 2. The number of fused-ring (bicyclic) bond motifs is 1. The van der Waals surface area contributed by atoms with Crippen LogP contribution in [0.15, 0.2) is 103 Å². The Morgan fingerprint density at radius 2 is 1.51 bits per heavy atom. The van der Waals surface area contributed by atoms with Gasteiger partial charge in [0.25, 0.3) is 0 Å². The van der Waals surface area contributed by atoms with E-state index in [-0.39, 0.29) is 5.41 Å². The van der Waals surface area contributed by atoms with E-state index < -0.39 is 11.6 Å². The van der Waals surface area contributed by atoms with E-state index in [1.165, 1.54) is 52.8 Å². The molecule has 0 spiro atoms. The van der Waals surface area contributed by atoms with Crippen molar-refractivity contribution in [1.29, 1.82) is 0 Å². The first kappa shape index (κ1) is 28.4. The SMILES string of the molecule is Fc1ccc(CCCC2([C]3C=C3)CCN(C[C@H]3CN(Cc4cccc5ccccc45)C[C@@H]3c3ccccc3)CC2)cc1F. The second kappa shape index (κ2) is 12.3. The molecule has 3 aliphatic rings. The van der Waals surface area contributed by atoms with Gasteiger partial charge in [-0.2, -0.15) is 0 Å². The standard InChI is InChI=1S/C39H41F2N2/c40-37-18-15-29(24-38(37)41)8-7-19-39(34-16-17-34)20-22-42(23-21-39)26-33-27-43(28-36(33)31-9-2-1-3-10-31)25-32-13-6-12-30-11-4-5-14-35(30)32/h1-6,9-18,24,33,36H,7-8,19-23,25-28H2/t33-,36+/m0/s1. The van der Waals surface area contributed by atoms with Crippen molar-refractivity contribution < 1.29 is 8.78 Å². The Bertz CT molecular complexity index is 1560. The van der Waals surface area contributed by atoms with Crippen LogP contribution in [0.4, 0.5) is 8.78 Å². The minimum Gasteiger partial charge on any atom is -0.303 e. The van der Waals surface area contributed by atoms with Crippen LogP contribution < -0.4 is 0 Å². The zero-order chi connectivity index (χ0) is 29.2. The average Bonchev–Trinajstić information content (AvgIpc) is 3.83. The monoisotopic (exact) mass is 575 g/mol. The fourth-order valence-corrected chi connectivity index (χ4v) is 7.92. The summed E-state index contributed by atoms with van der Waals surface area (Å²) in [5.41, 5.74) is 4.02. The quantitative estimate of drug-likeness (QED) is 0.187. The number of rotatable bonds is 10. The van der Waals surface area contributed by atoms with Gasteiger partial charge in [-0.1, -0.05) is 91.0 Å². The lowest BCUT2D eigenvalue weighted by atomic mass is 9.69. The normalized spacial score (nSPS) is 22.4. The molecule has 0 aromatic heterocycles. The van der Waals surface area contributed by atoms with Crippen molar-refractivity contribution in [3.05, 3.63) is 137 Å². The first-order valence-corrected chi connectivity index (χ1v) is 16.0. The van der Waals surface area contributed by atoms with Crippen molar-refractivity contribution >= 4 is 10.8 Å². The topological polar surface area (TPSA) is 6.48 Å².